The minimum absolute atomic E-state index is 0.0721. The molecule has 2 aromatic rings. The van der Waals surface area contributed by atoms with Crippen LogP contribution < -0.4 is 16.8 Å². The molecule has 1 fully saturated rings. The highest BCUT2D eigenvalue weighted by Gasteiger charge is 2.54. The second kappa shape index (κ2) is 12.5. The fourth-order valence-corrected chi connectivity index (χ4v) is 8.31. The summed E-state index contributed by atoms with van der Waals surface area (Å²) in [5.41, 5.74) is 11.3. The zero-order valence-corrected chi connectivity index (χ0v) is 23.6. The Kier molecular flexibility index (Phi) is 9.36. The molecule has 2 aliphatic rings. The van der Waals surface area contributed by atoms with Gasteiger partial charge in [0.2, 0.25) is 11.5 Å². The Hall–Kier alpha value is -2.58. The average Bonchev–Trinajstić information content (AvgIpc) is 3.31. The number of nitrogens with two attached hydrogens (primary N) is 2. The Morgan fingerprint density at radius 3 is 2.74 bits per heavy atom. The highest BCUT2D eigenvalue weighted by molar-refractivity contribution is 8.18. The maximum absolute atomic E-state index is 12.9. The quantitative estimate of drug-likeness (QED) is 0.0342. The molecule has 2 atom stereocenters. The molecule has 4 heterocycles. The predicted octanol–water partition coefficient (Wildman–Crippen LogP) is 0.627. The van der Waals surface area contributed by atoms with Gasteiger partial charge < -0.3 is 27.1 Å². The summed E-state index contributed by atoms with van der Waals surface area (Å²) >= 11 is 6.36. The number of carbonyl (C=O) groups is 3. The van der Waals surface area contributed by atoms with E-state index in [1.807, 2.05) is 13.0 Å². The van der Waals surface area contributed by atoms with Crippen LogP contribution in [0.15, 0.2) is 32.0 Å². The molecule has 0 saturated carbocycles. The fraction of sp³-hybridized carbons (Fsp3) is 0.368. The Labute approximate surface area is 237 Å². The van der Waals surface area contributed by atoms with E-state index < -0.39 is 34.9 Å². The number of amides is 2. The molecule has 2 aliphatic heterocycles. The minimum Gasteiger partial charge on any atom is -0.477 e. The number of hydrogen-bond acceptors (Lipinski definition) is 16. The molecule has 19 heteroatoms. The molecule has 0 spiro atoms. The lowest BCUT2D eigenvalue weighted by Gasteiger charge is -2.49. The summed E-state index contributed by atoms with van der Waals surface area (Å²) in [6.07, 6.45) is 0. The van der Waals surface area contributed by atoms with E-state index in [2.05, 4.69) is 29.8 Å². The second-order valence-electron chi connectivity index (χ2n) is 7.52. The van der Waals surface area contributed by atoms with E-state index in [-0.39, 0.29) is 16.7 Å². The average molecular weight is 616 g/mol. The maximum atomic E-state index is 12.9. The highest BCUT2D eigenvalue weighted by Crippen LogP contribution is 2.44. The fourth-order valence-electron chi connectivity index (χ4n) is 3.40. The number of rotatable bonds is 11. The van der Waals surface area contributed by atoms with Crippen molar-refractivity contribution in [3.63, 3.8) is 0 Å². The van der Waals surface area contributed by atoms with Gasteiger partial charge in [0.25, 0.3) is 11.8 Å². The molecule has 2 unspecified atom stereocenters. The number of aromatic nitrogens is 4. The molecular formula is C19H21N9O5S5. The van der Waals surface area contributed by atoms with Crippen molar-refractivity contribution < 1.29 is 24.7 Å². The standard InChI is InChI=1S/C19H21N9O5S5/c1-7-4-9(23-19(22-7)34-3-2-20)37-6-36-8-5-35-16-11(15(30)28(16)12(8)17(31)32)24-14(29)10(26-33)13-25-18(21)38-27-13/h4,11,16,33H,2-3,5-6,20H2,1H3,(H,24,29)(H,31,32)(H2,21,25,27). The molecule has 0 aliphatic carbocycles. The number of oxime groups is 1. The van der Waals surface area contributed by atoms with E-state index in [4.69, 9.17) is 11.5 Å². The lowest BCUT2D eigenvalue weighted by Crippen LogP contribution is -2.71. The zero-order chi connectivity index (χ0) is 27.4. The first kappa shape index (κ1) is 28.4. The number of carboxylic acids is 1. The molecule has 14 nitrogen and oxygen atoms in total. The molecular weight excluding hydrogens is 595 g/mol. The lowest BCUT2D eigenvalue weighted by molar-refractivity contribution is -0.150. The van der Waals surface area contributed by atoms with E-state index in [0.29, 0.717) is 33.2 Å². The van der Waals surface area contributed by atoms with Crippen molar-refractivity contribution in [1.82, 2.24) is 29.5 Å². The number of anilines is 1. The smallest absolute Gasteiger partial charge is 0.353 e. The third kappa shape index (κ3) is 6.18. The summed E-state index contributed by atoms with van der Waals surface area (Å²) in [5.74, 6) is -1.86. The first-order chi connectivity index (χ1) is 18.2. The zero-order valence-electron chi connectivity index (χ0n) is 19.6. The number of β-lactam (4-membered cyclic amide) rings is 1. The third-order valence-electron chi connectivity index (χ3n) is 4.99. The van der Waals surface area contributed by atoms with Gasteiger partial charge in [-0.25, -0.2) is 14.8 Å². The van der Waals surface area contributed by atoms with Gasteiger partial charge in [0.1, 0.15) is 22.1 Å². The van der Waals surface area contributed by atoms with Crippen LogP contribution in [0.3, 0.4) is 0 Å². The second-order valence-corrected chi connectivity index (χ2v) is 12.9. The normalized spacial score (nSPS) is 19.3. The summed E-state index contributed by atoms with van der Waals surface area (Å²) in [6.45, 7) is 2.39. The first-order valence-electron chi connectivity index (χ1n) is 10.7. The Bertz CT molecular complexity index is 1320. The molecule has 4 rings (SSSR count). The molecule has 0 aromatic carbocycles. The highest BCUT2D eigenvalue weighted by atomic mass is 32.2. The largest absolute Gasteiger partial charge is 0.477 e. The maximum Gasteiger partial charge on any atom is 0.353 e. The molecule has 2 amide bonds. The van der Waals surface area contributed by atoms with Gasteiger partial charge in [-0.3, -0.25) is 14.5 Å². The van der Waals surface area contributed by atoms with Crippen LogP contribution in [0.25, 0.3) is 0 Å². The first-order valence-corrected chi connectivity index (χ1v) is 15.5. The summed E-state index contributed by atoms with van der Waals surface area (Å²) in [4.78, 5) is 52.0. The number of fused-ring (bicyclic) bond motifs is 1. The Morgan fingerprint density at radius 2 is 2.08 bits per heavy atom. The van der Waals surface area contributed by atoms with Crippen LogP contribution in [0.5, 0.6) is 0 Å². The van der Waals surface area contributed by atoms with Crippen LogP contribution in [-0.4, -0.2) is 92.6 Å². The number of thioether (sulfide) groups is 4. The molecule has 2 aromatic heterocycles. The van der Waals surface area contributed by atoms with Crippen molar-refractivity contribution in [1.29, 1.82) is 0 Å². The topological polar surface area (TPSA) is 223 Å². The van der Waals surface area contributed by atoms with Gasteiger partial charge in [-0.1, -0.05) is 28.7 Å². The summed E-state index contributed by atoms with van der Waals surface area (Å²) in [7, 11) is 0. The van der Waals surface area contributed by atoms with Crippen LogP contribution in [0.2, 0.25) is 0 Å². The van der Waals surface area contributed by atoms with Gasteiger partial charge in [0.05, 0.1) is 0 Å². The Morgan fingerprint density at radius 1 is 1.29 bits per heavy atom. The molecule has 0 radical (unpaired) electrons. The molecule has 0 bridgehead atoms. The summed E-state index contributed by atoms with van der Waals surface area (Å²) in [5, 5.41) is 25.8. The summed E-state index contributed by atoms with van der Waals surface area (Å²) < 4.78 is 3.83. The molecule has 202 valence electrons. The molecule has 1 saturated heterocycles. The Balaban J connectivity index is 1.41. The third-order valence-corrected chi connectivity index (χ3v) is 10.0. The molecule has 38 heavy (non-hydrogen) atoms. The predicted molar refractivity (Wildman–Crippen MR) is 147 cm³/mol. The van der Waals surface area contributed by atoms with Gasteiger partial charge in [-0.2, -0.15) is 9.36 Å². The van der Waals surface area contributed by atoms with E-state index >= 15 is 0 Å². The van der Waals surface area contributed by atoms with E-state index in [1.54, 1.807) is 0 Å². The van der Waals surface area contributed by atoms with Crippen LogP contribution >= 0.6 is 58.6 Å². The minimum atomic E-state index is -1.24. The van der Waals surface area contributed by atoms with Gasteiger partial charge >= 0.3 is 5.97 Å². The van der Waals surface area contributed by atoms with Crippen molar-refractivity contribution in [3.05, 3.63) is 28.2 Å². The number of hydrogen-bond donors (Lipinski definition) is 5. The number of nitrogens with one attached hydrogen (secondary N) is 1. The van der Waals surface area contributed by atoms with Gasteiger partial charge in [-0.05, 0) is 13.0 Å². The van der Waals surface area contributed by atoms with Gasteiger partial charge in [0, 0.05) is 45.3 Å². The SMILES string of the molecule is Cc1cc(SCSC2=C(C(=O)O)N3C(=O)C(NC(=O)C(=NO)c4nsc(N)n4)C3SC2)nc(SCCN)n1. The number of carboxylic acid groups (broad SMARTS) is 1. The monoisotopic (exact) mass is 615 g/mol. The van der Waals surface area contributed by atoms with Crippen LogP contribution in [0.1, 0.15) is 11.5 Å². The van der Waals surface area contributed by atoms with Crippen molar-refractivity contribution in [2.24, 2.45) is 10.9 Å². The molecule has 7 N–H and O–H groups in total. The summed E-state index contributed by atoms with van der Waals surface area (Å²) in [6, 6.07) is 0.838. The number of nitrogen functional groups attached to an aromatic ring is 1. The number of nitrogens with zero attached hydrogens (tertiary/aromatic N) is 6. The van der Waals surface area contributed by atoms with Crippen LogP contribution in [0, 0.1) is 6.92 Å². The van der Waals surface area contributed by atoms with E-state index in [1.165, 1.54) is 51.9 Å². The van der Waals surface area contributed by atoms with E-state index in [9.17, 15) is 24.7 Å². The van der Waals surface area contributed by atoms with Gasteiger partial charge in [0.15, 0.2) is 10.3 Å². The van der Waals surface area contributed by atoms with Crippen LogP contribution in [0.4, 0.5) is 5.13 Å². The number of aryl methyl sites for hydroxylation is 1. The lowest BCUT2D eigenvalue weighted by atomic mass is 10.0. The van der Waals surface area contributed by atoms with Crippen molar-refractivity contribution in [3.8, 4) is 0 Å². The van der Waals surface area contributed by atoms with Crippen molar-refractivity contribution in [2.75, 3.05) is 28.9 Å². The van der Waals surface area contributed by atoms with Crippen molar-refractivity contribution >= 4 is 87.2 Å². The number of carbonyl (C=O) groups excluding carboxylic acids is 2. The van der Waals surface area contributed by atoms with Crippen molar-refractivity contribution in [2.45, 2.75) is 28.5 Å². The van der Waals surface area contributed by atoms with E-state index in [0.717, 1.165) is 22.3 Å². The van der Waals surface area contributed by atoms with Gasteiger partial charge in [-0.15, -0.1) is 23.5 Å². The number of aliphatic carboxylic acids is 1. The van der Waals surface area contributed by atoms with Crippen LogP contribution in [-0.2, 0) is 14.4 Å².